The van der Waals surface area contributed by atoms with Crippen molar-refractivity contribution in [3.63, 3.8) is 0 Å². The van der Waals surface area contributed by atoms with Crippen LogP contribution in [0.3, 0.4) is 0 Å². The van der Waals surface area contributed by atoms with E-state index in [0.717, 1.165) is 54.7 Å². The SMILES string of the molecule is CCCCCC1CCC(C(=O)Oc2ccc(-c3ccc(CC(C)OC(=O)CCC)cc3)cc2)CC1. The van der Waals surface area contributed by atoms with E-state index < -0.39 is 0 Å². The summed E-state index contributed by atoms with van der Waals surface area (Å²) in [4.78, 5) is 24.3. The van der Waals surface area contributed by atoms with Gasteiger partial charge in [-0.1, -0.05) is 75.9 Å². The Morgan fingerprint density at radius 3 is 2.09 bits per heavy atom. The molecule has 0 amide bonds. The summed E-state index contributed by atoms with van der Waals surface area (Å²) < 4.78 is 11.2. The third-order valence-electron chi connectivity index (χ3n) is 7.07. The van der Waals surface area contributed by atoms with Crippen LogP contribution in [-0.4, -0.2) is 18.0 Å². The number of rotatable bonds is 12. The number of benzene rings is 2. The molecule has 1 saturated carbocycles. The van der Waals surface area contributed by atoms with Crippen LogP contribution >= 0.6 is 0 Å². The largest absolute Gasteiger partial charge is 0.462 e. The molecule has 35 heavy (non-hydrogen) atoms. The first-order valence-corrected chi connectivity index (χ1v) is 13.6. The molecule has 0 N–H and O–H groups in total. The van der Waals surface area contributed by atoms with Crippen molar-refractivity contribution in [1.82, 2.24) is 0 Å². The highest BCUT2D eigenvalue weighted by Crippen LogP contribution is 2.33. The van der Waals surface area contributed by atoms with E-state index in [1.54, 1.807) is 0 Å². The van der Waals surface area contributed by atoms with Crippen LogP contribution < -0.4 is 4.74 Å². The number of hydrogen-bond acceptors (Lipinski definition) is 4. The summed E-state index contributed by atoms with van der Waals surface area (Å²) in [5, 5.41) is 0. The molecule has 0 bridgehead atoms. The molecule has 2 aromatic rings. The quantitative estimate of drug-likeness (QED) is 0.177. The number of carbonyl (C=O) groups is 2. The molecule has 4 heteroatoms. The lowest BCUT2D eigenvalue weighted by Gasteiger charge is -2.27. The highest BCUT2D eigenvalue weighted by atomic mass is 16.5. The summed E-state index contributed by atoms with van der Waals surface area (Å²) in [6, 6.07) is 16.1. The Kier molecular flexibility index (Phi) is 10.8. The van der Waals surface area contributed by atoms with E-state index in [1.807, 2.05) is 38.1 Å². The third kappa shape index (κ3) is 8.83. The first-order valence-electron chi connectivity index (χ1n) is 13.6. The maximum atomic E-state index is 12.7. The molecule has 1 atom stereocenters. The Bertz CT molecular complexity index is 908. The zero-order valence-electron chi connectivity index (χ0n) is 21.8. The molecule has 4 nitrogen and oxygen atoms in total. The van der Waals surface area contributed by atoms with E-state index >= 15 is 0 Å². The standard InChI is InChI=1S/C31H42O4/c1-4-6-7-9-24-10-16-28(17-11-24)31(33)35-29-20-18-27(19-21-29)26-14-12-25(13-15-26)22-23(3)34-30(32)8-5-2/h12-15,18-21,23-24,28H,4-11,16-17,22H2,1-3H3. The molecule has 1 unspecified atom stereocenters. The molecule has 1 fully saturated rings. The van der Waals surface area contributed by atoms with Crippen LogP contribution in [0, 0.1) is 11.8 Å². The molecule has 0 radical (unpaired) electrons. The van der Waals surface area contributed by atoms with E-state index in [9.17, 15) is 9.59 Å². The third-order valence-corrected chi connectivity index (χ3v) is 7.07. The molecule has 2 aromatic carbocycles. The average Bonchev–Trinajstić information content (AvgIpc) is 2.85. The minimum atomic E-state index is -0.134. The summed E-state index contributed by atoms with van der Waals surface area (Å²) in [6.07, 6.45) is 11.3. The number of ether oxygens (including phenoxy) is 2. The number of unbranched alkanes of at least 4 members (excludes halogenated alkanes) is 2. The Morgan fingerprint density at radius 2 is 1.49 bits per heavy atom. The van der Waals surface area contributed by atoms with Gasteiger partial charge in [0.2, 0.25) is 0 Å². The summed E-state index contributed by atoms with van der Waals surface area (Å²) in [7, 11) is 0. The molecular weight excluding hydrogens is 436 g/mol. The molecular formula is C31H42O4. The fourth-order valence-electron chi connectivity index (χ4n) is 4.98. The van der Waals surface area contributed by atoms with Gasteiger partial charge >= 0.3 is 11.9 Å². The van der Waals surface area contributed by atoms with Gasteiger partial charge in [-0.2, -0.15) is 0 Å². The van der Waals surface area contributed by atoms with E-state index in [1.165, 1.54) is 25.7 Å². The average molecular weight is 479 g/mol. The number of carbonyl (C=O) groups excluding carboxylic acids is 2. The summed E-state index contributed by atoms with van der Waals surface area (Å²) in [5.74, 6) is 1.22. The lowest BCUT2D eigenvalue weighted by Crippen LogP contribution is -2.25. The van der Waals surface area contributed by atoms with Crippen molar-refractivity contribution in [2.24, 2.45) is 11.8 Å². The van der Waals surface area contributed by atoms with Crippen LogP contribution in [0.15, 0.2) is 48.5 Å². The van der Waals surface area contributed by atoms with Crippen LogP contribution in [0.5, 0.6) is 5.75 Å². The van der Waals surface area contributed by atoms with E-state index in [4.69, 9.17) is 9.47 Å². The normalized spacial score (nSPS) is 18.6. The highest BCUT2D eigenvalue weighted by Gasteiger charge is 2.27. The minimum Gasteiger partial charge on any atom is -0.462 e. The minimum absolute atomic E-state index is 0.0354. The van der Waals surface area contributed by atoms with Gasteiger partial charge in [0.1, 0.15) is 11.9 Å². The van der Waals surface area contributed by atoms with E-state index in [0.29, 0.717) is 18.6 Å². The van der Waals surface area contributed by atoms with Crippen molar-refractivity contribution in [3.05, 3.63) is 54.1 Å². The van der Waals surface area contributed by atoms with Crippen molar-refractivity contribution in [1.29, 1.82) is 0 Å². The Morgan fingerprint density at radius 1 is 0.857 bits per heavy atom. The van der Waals surface area contributed by atoms with Crippen LogP contribution in [0.4, 0.5) is 0 Å². The zero-order chi connectivity index (χ0) is 25.0. The lowest BCUT2D eigenvalue weighted by molar-refractivity contribution is -0.148. The summed E-state index contributed by atoms with van der Waals surface area (Å²) in [5.41, 5.74) is 3.31. The first kappa shape index (κ1) is 27.0. The number of esters is 2. The van der Waals surface area contributed by atoms with Gasteiger partial charge in [0.05, 0.1) is 5.92 Å². The topological polar surface area (TPSA) is 52.6 Å². The molecule has 0 saturated heterocycles. The van der Waals surface area contributed by atoms with Crippen LogP contribution in [-0.2, 0) is 20.7 Å². The molecule has 0 aromatic heterocycles. The fourth-order valence-corrected chi connectivity index (χ4v) is 4.98. The van der Waals surface area contributed by atoms with Crippen molar-refractivity contribution in [2.75, 3.05) is 0 Å². The highest BCUT2D eigenvalue weighted by molar-refractivity contribution is 5.75. The van der Waals surface area contributed by atoms with Gasteiger partial charge < -0.3 is 9.47 Å². The van der Waals surface area contributed by atoms with Gasteiger partial charge in [0, 0.05) is 12.8 Å². The van der Waals surface area contributed by atoms with Gasteiger partial charge in [0.15, 0.2) is 0 Å². The first-order chi connectivity index (χ1) is 17.0. The van der Waals surface area contributed by atoms with Crippen molar-refractivity contribution < 1.29 is 19.1 Å². The zero-order valence-corrected chi connectivity index (χ0v) is 21.8. The van der Waals surface area contributed by atoms with Crippen molar-refractivity contribution in [3.8, 4) is 16.9 Å². The monoisotopic (exact) mass is 478 g/mol. The van der Waals surface area contributed by atoms with Gasteiger partial charge in [-0.15, -0.1) is 0 Å². The van der Waals surface area contributed by atoms with Crippen molar-refractivity contribution in [2.45, 2.75) is 97.5 Å². The maximum absolute atomic E-state index is 12.7. The van der Waals surface area contributed by atoms with Gasteiger partial charge in [-0.25, -0.2) is 0 Å². The van der Waals surface area contributed by atoms with Crippen LogP contribution in [0.25, 0.3) is 11.1 Å². The summed E-state index contributed by atoms with van der Waals surface area (Å²) >= 11 is 0. The molecule has 1 aliphatic rings. The van der Waals surface area contributed by atoms with E-state index in [2.05, 4.69) is 31.2 Å². The molecule has 3 rings (SSSR count). The molecule has 0 aliphatic heterocycles. The van der Waals surface area contributed by atoms with Crippen molar-refractivity contribution >= 4 is 11.9 Å². The second-order valence-corrected chi connectivity index (χ2v) is 10.1. The van der Waals surface area contributed by atoms with Crippen LogP contribution in [0.2, 0.25) is 0 Å². The second kappa shape index (κ2) is 14.1. The smallest absolute Gasteiger partial charge is 0.314 e. The Hall–Kier alpha value is -2.62. The van der Waals surface area contributed by atoms with Crippen LogP contribution in [0.1, 0.15) is 90.5 Å². The summed E-state index contributed by atoms with van der Waals surface area (Å²) in [6.45, 7) is 6.15. The molecule has 1 aliphatic carbocycles. The van der Waals surface area contributed by atoms with Gasteiger partial charge in [-0.05, 0) is 73.8 Å². The lowest BCUT2D eigenvalue weighted by atomic mass is 9.80. The predicted molar refractivity (Wildman–Crippen MR) is 141 cm³/mol. The van der Waals surface area contributed by atoms with Gasteiger partial charge in [-0.3, -0.25) is 9.59 Å². The molecule has 0 heterocycles. The second-order valence-electron chi connectivity index (χ2n) is 10.1. The maximum Gasteiger partial charge on any atom is 0.314 e. The number of hydrogen-bond donors (Lipinski definition) is 0. The fraction of sp³-hybridized carbons (Fsp3) is 0.548. The Balaban J connectivity index is 1.46. The molecule has 190 valence electrons. The van der Waals surface area contributed by atoms with E-state index in [-0.39, 0.29) is 24.0 Å². The predicted octanol–water partition coefficient (Wildman–Crippen LogP) is 7.92. The molecule has 0 spiro atoms. The van der Waals surface area contributed by atoms with Gasteiger partial charge in [0.25, 0.3) is 0 Å². The Labute approximate surface area is 211 Å².